The van der Waals surface area contributed by atoms with Crippen LogP contribution in [0.4, 0.5) is 4.39 Å². The summed E-state index contributed by atoms with van der Waals surface area (Å²) in [6, 6.07) is 8.95. The molecule has 2 rings (SSSR count). The predicted octanol–water partition coefficient (Wildman–Crippen LogP) is 5.13. The van der Waals surface area contributed by atoms with Gasteiger partial charge in [-0.25, -0.2) is 9.18 Å². The normalized spacial score (nSPS) is 10.8. The van der Waals surface area contributed by atoms with Gasteiger partial charge in [0.25, 0.3) is 0 Å². The van der Waals surface area contributed by atoms with Crippen molar-refractivity contribution in [3.63, 3.8) is 0 Å². The van der Waals surface area contributed by atoms with E-state index in [-0.39, 0.29) is 11.5 Å². The minimum Gasteiger partial charge on any atom is -0.478 e. The molecule has 0 atom stereocenters. The molecule has 0 spiro atoms. The Kier molecular flexibility index (Phi) is 4.98. The van der Waals surface area contributed by atoms with Crippen molar-refractivity contribution < 1.29 is 19.0 Å². The van der Waals surface area contributed by atoms with Crippen LogP contribution in [0.25, 0.3) is 6.08 Å². The molecule has 0 saturated carbocycles. The van der Waals surface area contributed by atoms with Crippen LogP contribution in [-0.2, 0) is 4.79 Å². The fourth-order valence-corrected chi connectivity index (χ4v) is 2.07. The molecule has 0 radical (unpaired) electrons. The molecule has 108 valence electrons. The van der Waals surface area contributed by atoms with Crippen LogP contribution in [-0.4, -0.2) is 11.1 Å². The van der Waals surface area contributed by atoms with Crippen LogP contribution in [0.1, 0.15) is 5.56 Å². The third kappa shape index (κ3) is 4.31. The molecule has 2 aromatic carbocycles. The first-order valence-electron chi connectivity index (χ1n) is 5.79. The van der Waals surface area contributed by atoms with Crippen molar-refractivity contribution in [2.45, 2.75) is 0 Å². The third-order valence-electron chi connectivity index (χ3n) is 2.49. The second-order valence-electron chi connectivity index (χ2n) is 4.03. The summed E-state index contributed by atoms with van der Waals surface area (Å²) in [6.07, 6.45) is 2.32. The second kappa shape index (κ2) is 6.74. The highest BCUT2D eigenvalue weighted by atomic mass is 79.9. The molecule has 21 heavy (non-hydrogen) atoms. The molecule has 0 saturated heterocycles. The topological polar surface area (TPSA) is 46.5 Å². The Bertz CT molecular complexity index is 716. The quantitative estimate of drug-likeness (QED) is 0.758. The van der Waals surface area contributed by atoms with Crippen molar-refractivity contribution in [1.82, 2.24) is 0 Å². The molecule has 0 aromatic heterocycles. The van der Waals surface area contributed by atoms with Crippen molar-refractivity contribution in [3.05, 3.63) is 63.4 Å². The SMILES string of the molecule is O=C(O)/C=C/c1ccc(Cl)cc1Oc1cc(Br)ccc1F. The van der Waals surface area contributed by atoms with Gasteiger partial charge in [0.2, 0.25) is 0 Å². The van der Waals surface area contributed by atoms with Gasteiger partial charge in [-0.2, -0.15) is 0 Å². The van der Waals surface area contributed by atoms with Gasteiger partial charge in [-0.3, -0.25) is 0 Å². The molecule has 0 heterocycles. The third-order valence-corrected chi connectivity index (χ3v) is 3.22. The zero-order chi connectivity index (χ0) is 15.4. The highest BCUT2D eigenvalue weighted by molar-refractivity contribution is 9.10. The van der Waals surface area contributed by atoms with E-state index in [4.69, 9.17) is 21.4 Å². The van der Waals surface area contributed by atoms with Gasteiger partial charge in [0.15, 0.2) is 11.6 Å². The van der Waals surface area contributed by atoms with Crippen molar-refractivity contribution in [2.75, 3.05) is 0 Å². The first-order chi connectivity index (χ1) is 9.95. The fraction of sp³-hybridized carbons (Fsp3) is 0. The summed E-state index contributed by atoms with van der Waals surface area (Å²) in [4.78, 5) is 10.6. The molecular weight excluding hydrogens is 363 g/mol. The summed E-state index contributed by atoms with van der Waals surface area (Å²) >= 11 is 9.12. The van der Waals surface area contributed by atoms with E-state index in [0.29, 0.717) is 15.1 Å². The highest BCUT2D eigenvalue weighted by Crippen LogP contribution is 2.32. The van der Waals surface area contributed by atoms with E-state index < -0.39 is 11.8 Å². The molecule has 0 aliphatic rings. The van der Waals surface area contributed by atoms with Crippen LogP contribution < -0.4 is 4.74 Å². The number of halogens is 3. The van der Waals surface area contributed by atoms with Crippen LogP contribution in [0.3, 0.4) is 0 Å². The Morgan fingerprint density at radius 3 is 2.71 bits per heavy atom. The van der Waals surface area contributed by atoms with Crippen molar-refractivity contribution in [3.8, 4) is 11.5 Å². The average molecular weight is 372 g/mol. The Labute approximate surface area is 133 Å². The van der Waals surface area contributed by atoms with Crippen LogP contribution >= 0.6 is 27.5 Å². The number of hydrogen-bond donors (Lipinski definition) is 1. The number of benzene rings is 2. The van der Waals surface area contributed by atoms with Crippen LogP contribution in [0, 0.1) is 5.82 Å². The average Bonchev–Trinajstić information content (AvgIpc) is 2.42. The van der Waals surface area contributed by atoms with E-state index in [0.717, 1.165) is 6.08 Å². The largest absolute Gasteiger partial charge is 0.478 e. The fourth-order valence-electron chi connectivity index (χ4n) is 1.57. The molecule has 1 N–H and O–H groups in total. The summed E-state index contributed by atoms with van der Waals surface area (Å²) in [5.74, 6) is -1.36. The van der Waals surface area contributed by atoms with Gasteiger partial charge in [-0.05, 0) is 36.4 Å². The predicted molar refractivity (Wildman–Crippen MR) is 82.3 cm³/mol. The molecule has 0 aliphatic carbocycles. The molecule has 0 bridgehead atoms. The molecule has 6 heteroatoms. The summed E-state index contributed by atoms with van der Waals surface area (Å²) < 4.78 is 19.9. The maximum absolute atomic E-state index is 13.7. The van der Waals surface area contributed by atoms with Gasteiger partial charge in [-0.15, -0.1) is 0 Å². The first kappa shape index (κ1) is 15.5. The van der Waals surface area contributed by atoms with Crippen LogP contribution in [0.5, 0.6) is 11.5 Å². The lowest BCUT2D eigenvalue weighted by molar-refractivity contribution is -0.131. The van der Waals surface area contributed by atoms with E-state index in [2.05, 4.69) is 15.9 Å². The molecule has 0 aliphatic heterocycles. The van der Waals surface area contributed by atoms with Crippen LogP contribution in [0.2, 0.25) is 5.02 Å². The van der Waals surface area contributed by atoms with Gasteiger partial charge in [0.05, 0.1) is 0 Å². The van der Waals surface area contributed by atoms with E-state index >= 15 is 0 Å². The molecular formula is C15H9BrClFO3. The van der Waals surface area contributed by atoms with E-state index in [9.17, 15) is 9.18 Å². The molecule has 0 fully saturated rings. The Balaban J connectivity index is 2.40. The van der Waals surface area contributed by atoms with Crippen LogP contribution in [0.15, 0.2) is 46.9 Å². The van der Waals surface area contributed by atoms with Gasteiger partial charge in [-0.1, -0.05) is 27.5 Å². The number of ether oxygens (including phenoxy) is 1. The molecule has 0 unspecified atom stereocenters. The zero-order valence-electron chi connectivity index (χ0n) is 10.5. The van der Waals surface area contributed by atoms with Crippen molar-refractivity contribution >= 4 is 39.6 Å². The van der Waals surface area contributed by atoms with Gasteiger partial charge in [0, 0.05) is 27.2 Å². The zero-order valence-corrected chi connectivity index (χ0v) is 12.9. The van der Waals surface area contributed by atoms with Gasteiger partial charge < -0.3 is 9.84 Å². The monoisotopic (exact) mass is 370 g/mol. The Hall–Kier alpha value is -1.85. The minimum absolute atomic E-state index is 0.0108. The summed E-state index contributed by atoms with van der Waals surface area (Å²) in [6.45, 7) is 0. The summed E-state index contributed by atoms with van der Waals surface area (Å²) in [5.41, 5.74) is 0.473. The Morgan fingerprint density at radius 1 is 1.24 bits per heavy atom. The van der Waals surface area contributed by atoms with Gasteiger partial charge >= 0.3 is 5.97 Å². The number of rotatable bonds is 4. The van der Waals surface area contributed by atoms with Crippen molar-refractivity contribution in [1.29, 1.82) is 0 Å². The van der Waals surface area contributed by atoms with E-state index in [1.165, 1.54) is 24.3 Å². The molecule has 3 nitrogen and oxygen atoms in total. The second-order valence-corrected chi connectivity index (χ2v) is 5.38. The number of aliphatic carboxylic acids is 1. The highest BCUT2D eigenvalue weighted by Gasteiger charge is 2.09. The van der Waals surface area contributed by atoms with Crippen molar-refractivity contribution in [2.24, 2.45) is 0 Å². The lowest BCUT2D eigenvalue weighted by Crippen LogP contribution is -1.92. The summed E-state index contributed by atoms with van der Waals surface area (Å²) in [5, 5.41) is 9.07. The standard InChI is InChI=1S/C15H9BrClFO3/c16-10-3-5-12(18)14(7-10)21-13-8-11(17)4-1-9(13)2-6-15(19)20/h1-8H,(H,19,20)/b6-2+. The number of carbonyl (C=O) groups is 1. The number of hydrogen-bond acceptors (Lipinski definition) is 2. The lowest BCUT2D eigenvalue weighted by atomic mass is 10.2. The minimum atomic E-state index is -1.09. The maximum Gasteiger partial charge on any atom is 0.328 e. The lowest BCUT2D eigenvalue weighted by Gasteiger charge is -2.10. The van der Waals surface area contributed by atoms with E-state index in [1.54, 1.807) is 18.2 Å². The number of carboxylic acids is 1. The number of carboxylic acid groups (broad SMARTS) is 1. The first-order valence-corrected chi connectivity index (χ1v) is 6.96. The molecule has 0 amide bonds. The van der Waals surface area contributed by atoms with E-state index in [1.807, 2.05) is 0 Å². The van der Waals surface area contributed by atoms with Gasteiger partial charge in [0.1, 0.15) is 5.75 Å². The maximum atomic E-state index is 13.7. The smallest absolute Gasteiger partial charge is 0.328 e. The molecule has 2 aromatic rings. The Morgan fingerprint density at radius 2 is 2.00 bits per heavy atom. The summed E-state index contributed by atoms with van der Waals surface area (Å²) in [7, 11) is 0.